The monoisotopic (exact) mass is 498 g/mol. The lowest BCUT2D eigenvalue weighted by molar-refractivity contribution is -0.153. The highest BCUT2D eigenvalue weighted by Crippen LogP contribution is 2.42. The first-order valence-corrected chi connectivity index (χ1v) is 10.8. The van der Waals surface area contributed by atoms with Gasteiger partial charge in [-0.3, -0.25) is 14.5 Å². The molecule has 1 aromatic carbocycles. The Bertz CT molecular complexity index is 846. The zero-order valence-corrected chi connectivity index (χ0v) is 18.4. The fourth-order valence-corrected chi connectivity index (χ4v) is 4.38. The van der Waals surface area contributed by atoms with Crippen molar-refractivity contribution in [1.82, 2.24) is 10.2 Å². The summed E-state index contributed by atoms with van der Waals surface area (Å²) in [6, 6.07) is 7.98. The van der Waals surface area contributed by atoms with Gasteiger partial charge in [0, 0.05) is 5.75 Å². The highest BCUT2D eigenvalue weighted by molar-refractivity contribution is 8.00. The third-order valence-electron chi connectivity index (χ3n) is 3.91. The number of hydrogen-bond donors (Lipinski definition) is 1. The minimum absolute atomic E-state index is 0.110. The molecule has 156 valence electrons. The molecular formula is C17H14Cl4N2O5S. The number of nitrogens with zero attached hydrogens (tertiary/aromatic N) is 1. The van der Waals surface area contributed by atoms with Crippen molar-refractivity contribution in [3.63, 3.8) is 0 Å². The molecule has 7 nitrogen and oxygen atoms in total. The second-order valence-corrected chi connectivity index (χ2v) is 10.1. The van der Waals surface area contributed by atoms with Gasteiger partial charge in [-0.25, -0.2) is 4.79 Å². The average Bonchev–Trinajstić information content (AvgIpc) is 2.68. The van der Waals surface area contributed by atoms with Crippen LogP contribution in [0.5, 0.6) is 5.75 Å². The summed E-state index contributed by atoms with van der Waals surface area (Å²) < 4.78 is 8.50. The number of ether oxygens (including phenoxy) is 2. The molecule has 0 bridgehead atoms. The van der Waals surface area contributed by atoms with Crippen LogP contribution in [0.25, 0.3) is 0 Å². The van der Waals surface area contributed by atoms with Crippen molar-refractivity contribution < 1.29 is 23.9 Å². The molecule has 3 rings (SSSR count). The molecular weight excluding hydrogens is 486 g/mol. The van der Waals surface area contributed by atoms with Crippen molar-refractivity contribution in [1.29, 1.82) is 0 Å². The third kappa shape index (κ3) is 5.44. The number of amides is 2. The molecule has 0 aliphatic carbocycles. The van der Waals surface area contributed by atoms with E-state index in [0.717, 1.165) is 0 Å². The van der Waals surface area contributed by atoms with E-state index in [1.165, 1.54) is 16.7 Å². The van der Waals surface area contributed by atoms with Crippen molar-refractivity contribution in [2.24, 2.45) is 0 Å². The number of rotatable bonds is 6. The predicted molar refractivity (Wildman–Crippen MR) is 111 cm³/mol. The maximum absolute atomic E-state index is 12.5. The molecule has 2 aliphatic heterocycles. The van der Waals surface area contributed by atoms with E-state index in [0.29, 0.717) is 5.75 Å². The summed E-state index contributed by atoms with van der Waals surface area (Å²) in [6.07, 6.45) is 0. The van der Waals surface area contributed by atoms with Gasteiger partial charge in [0.1, 0.15) is 29.5 Å². The van der Waals surface area contributed by atoms with Crippen LogP contribution in [-0.2, 0) is 19.1 Å². The topological polar surface area (TPSA) is 84.9 Å². The number of benzene rings is 1. The Balaban J connectivity index is 1.59. The number of esters is 1. The van der Waals surface area contributed by atoms with Crippen LogP contribution in [-0.4, -0.2) is 56.9 Å². The maximum atomic E-state index is 12.5. The molecule has 2 atom stereocenters. The number of alkyl halides is 3. The molecule has 2 aliphatic rings. The van der Waals surface area contributed by atoms with E-state index >= 15 is 0 Å². The van der Waals surface area contributed by atoms with Gasteiger partial charge in [-0.05, 0) is 12.1 Å². The van der Waals surface area contributed by atoms with Crippen LogP contribution < -0.4 is 10.1 Å². The molecule has 0 radical (unpaired) electrons. The second-order valence-electron chi connectivity index (χ2n) is 6.00. The third-order valence-corrected chi connectivity index (χ3v) is 5.99. The van der Waals surface area contributed by atoms with Gasteiger partial charge in [0.15, 0.2) is 6.61 Å². The van der Waals surface area contributed by atoms with Crippen molar-refractivity contribution >= 4 is 75.9 Å². The first-order valence-electron chi connectivity index (χ1n) is 8.22. The number of para-hydroxylation sites is 1. The van der Waals surface area contributed by atoms with Crippen molar-refractivity contribution in [3.05, 3.63) is 41.1 Å². The van der Waals surface area contributed by atoms with Gasteiger partial charge < -0.3 is 14.8 Å². The Morgan fingerprint density at radius 3 is 2.59 bits per heavy atom. The van der Waals surface area contributed by atoms with Crippen LogP contribution in [0.4, 0.5) is 0 Å². The molecule has 1 aromatic rings. The van der Waals surface area contributed by atoms with Crippen LogP contribution in [0.2, 0.25) is 0 Å². The normalized spacial score (nSPS) is 21.2. The molecule has 12 heteroatoms. The molecule has 0 aromatic heterocycles. The lowest BCUT2D eigenvalue weighted by Crippen LogP contribution is -2.70. The van der Waals surface area contributed by atoms with Crippen molar-refractivity contribution in [2.45, 2.75) is 15.2 Å². The highest BCUT2D eigenvalue weighted by Gasteiger charge is 2.54. The molecule has 1 fully saturated rings. The number of thioether (sulfide) groups is 1. The van der Waals surface area contributed by atoms with Gasteiger partial charge >= 0.3 is 5.97 Å². The summed E-state index contributed by atoms with van der Waals surface area (Å²) in [4.78, 5) is 38.2. The Hall–Kier alpha value is -1.32. The summed E-state index contributed by atoms with van der Waals surface area (Å²) in [5.41, 5.74) is -0.110. The Labute approximate surface area is 190 Å². The van der Waals surface area contributed by atoms with Crippen molar-refractivity contribution in [2.75, 3.05) is 19.0 Å². The van der Waals surface area contributed by atoms with Gasteiger partial charge in [-0.1, -0.05) is 64.6 Å². The zero-order chi connectivity index (χ0) is 21.2. The first kappa shape index (κ1) is 22.4. The fourth-order valence-electron chi connectivity index (χ4n) is 2.67. The molecule has 1 N–H and O–H groups in total. The number of carbonyl (C=O) groups is 3. The van der Waals surface area contributed by atoms with E-state index in [1.807, 2.05) is 6.07 Å². The van der Waals surface area contributed by atoms with Gasteiger partial charge in [0.25, 0.3) is 11.8 Å². The maximum Gasteiger partial charge on any atom is 0.356 e. The first-order chi connectivity index (χ1) is 13.7. The summed E-state index contributed by atoms with van der Waals surface area (Å²) >= 11 is 24.1. The van der Waals surface area contributed by atoms with Gasteiger partial charge in [-0.2, -0.15) is 0 Å². The predicted octanol–water partition coefficient (Wildman–Crippen LogP) is 2.83. The lowest BCUT2D eigenvalue weighted by Gasteiger charge is -2.49. The Morgan fingerprint density at radius 2 is 1.93 bits per heavy atom. The number of fused-ring (bicyclic) bond motifs is 1. The number of hydrogen-bond acceptors (Lipinski definition) is 6. The molecule has 0 saturated carbocycles. The lowest BCUT2D eigenvalue weighted by atomic mass is 10.1. The van der Waals surface area contributed by atoms with E-state index in [1.54, 1.807) is 24.3 Å². The van der Waals surface area contributed by atoms with E-state index in [9.17, 15) is 14.4 Å². The summed E-state index contributed by atoms with van der Waals surface area (Å²) in [5.74, 6) is -1.04. The second kappa shape index (κ2) is 9.22. The summed E-state index contributed by atoms with van der Waals surface area (Å²) in [6.45, 7) is -0.749. The molecule has 1 unspecified atom stereocenters. The van der Waals surface area contributed by atoms with Crippen molar-refractivity contribution in [3.8, 4) is 5.75 Å². The standard InChI is InChI=1S/C17H14Cl4N2O5S/c18-10-7-29-15-12(22-11(24)6-27-9-4-2-1-3-5-9)14(25)23(15)13(10)16(26)28-8-17(19,20)21/h1-5,12,15H,6-8H2,(H,22,24)/t12?,15-/m1/s1. The summed E-state index contributed by atoms with van der Waals surface area (Å²) in [5, 5.41) is 2.25. The molecule has 2 amide bonds. The summed E-state index contributed by atoms with van der Waals surface area (Å²) in [7, 11) is 0. The molecule has 0 spiro atoms. The minimum atomic E-state index is -1.79. The van der Waals surface area contributed by atoms with Crippen LogP contribution in [0, 0.1) is 0 Å². The van der Waals surface area contributed by atoms with Crippen LogP contribution >= 0.6 is 58.2 Å². The quantitative estimate of drug-likeness (QED) is 0.368. The van der Waals surface area contributed by atoms with Crippen LogP contribution in [0.15, 0.2) is 41.1 Å². The van der Waals surface area contributed by atoms with E-state index in [-0.39, 0.29) is 23.1 Å². The largest absolute Gasteiger partial charge is 0.484 e. The fraction of sp³-hybridized carbons (Fsp3) is 0.353. The van der Waals surface area contributed by atoms with Gasteiger partial charge in [0.05, 0.1) is 5.03 Å². The molecule has 2 heterocycles. The SMILES string of the molecule is O=C(COc1ccccc1)NC1C(=O)N2C(C(=O)OCC(Cl)(Cl)Cl)=C(Cl)CS[C@H]12. The van der Waals surface area contributed by atoms with E-state index < -0.39 is 39.6 Å². The molecule has 29 heavy (non-hydrogen) atoms. The Morgan fingerprint density at radius 1 is 1.24 bits per heavy atom. The van der Waals surface area contributed by atoms with Crippen LogP contribution in [0.3, 0.4) is 0 Å². The highest BCUT2D eigenvalue weighted by atomic mass is 35.6. The zero-order valence-electron chi connectivity index (χ0n) is 14.6. The van der Waals surface area contributed by atoms with Crippen LogP contribution in [0.1, 0.15) is 0 Å². The van der Waals surface area contributed by atoms with Gasteiger partial charge in [0.2, 0.25) is 3.79 Å². The van der Waals surface area contributed by atoms with Gasteiger partial charge in [-0.15, -0.1) is 11.8 Å². The number of β-lactam (4-membered cyclic amide) rings is 1. The number of carbonyl (C=O) groups excluding carboxylic acids is 3. The smallest absolute Gasteiger partial charge is 0.356 e. The average molecular weight is 500 g/mol. The number of nitrogens with one attached hydrogen (secondary N) is 1. The van der Waals surface area contributed by atoms with E-state index in [2.05, 4.69) is 5.32 Å². The minimum Gasteiger partial charge on any atom is -0.484 e. The number of halogens is 4. The molecule has 1 saturated heterocycles. The Kier molecular flexibility index (Phi) is 7.11. The van der Waals surface area contributed by atoms with E-state index in [4.69, 9.17) is 55.9 Å².